The third kappa shape index (κ3) is 20.9. The zero-order chi connectivity index (χ0) is 70.5. The number of aliphatic hydroxyl groups excluding tert-OH is 1. The predicted octanol–water partition coefficient (Wildman–Crippen LogP) is 17.5. The van der Waals surface area contributed by atoms with Crippen LogP contribution in [0, 0.1) is 49.4 Å². The van der Waals surface area contributed by atoms with Gasteiger partial charge >= 0.3 is 11.9 Å². The molecule has 0 aromatic heterocycles. The highest BCUT2D eigenvalue weighted by Gasteiger charge is 2.52. The van der Waals surface area contributed by atoms with Crippen LogP contribution in [0.2, 0.25) is 48.9 Å². The zero-order valence-corrected chi connectivity index (χ0v) is 64.7. The Labute approximate surface area is 575 Å². The van der Waals surface area contributed by atoms with Crippen LogP contribution < -0.4 is 10.4 Å². The molecular weight excluding hydrogens is 1230 g/mol. The fourth-order valence-corrected chi connectivity index (χ4v) is 18.6. The first kappa shape index (κ1) is 78.3. The number of aliphatic hydroxyl groups is 1. The Morgan fingerprint density at radius 1 is 0.737 bits per heavy atom. The normalized spacial score (nSPS) is 23.2. The zero-order valence-electron chi connectivity index (χ0n) is 61.7. The molecule has 0 aliphatic carbocycles. The summed E-state index contributed by atoms with van der Waals surface area (Å²) in [7, 11) is -6.48. The molecular formula is C81H114O11Si3. The Kier molecular flexibility index (Phi) is 27.4. The van der Waals surface area contributed by atoms with Crippen molar-refractivity contribution in [2.75, 3.05) is 6.61 Å². The molecule has 1 N–H and O–H groups in total. The summed E-state index contributed by atoms with van der Waals surface area (Å²) in [6.45, 7) is 49.5. The number of cyclic esters (lactones) is 1. The maximum Gasteiger partial charge on any atom is 0.339 e. The summed E-state index contributed by atoms with van der Waals surface area (Å²) < 4.78 is 52.2. The molecule has 95 heavy (non-hydrogen) atoms. The number of hydrogen-bond donors (Lipinski definition) is 1. The van der Waals surface area contributed by atoms with Gasteiger partial charge in [0.25, 0.3) is 8.32 Å². The highest BCUT2D eigenvalue weighted by Crippen LogP contribution is 2.43. The van der Waals surface area contributed by atoms with E-state index in [9.17, 15) is 14.7 Å². The molecule has 4 aromatic rings. The molecule has 7 rings (SSSR count). The second kappa shape index (κ2) is 33.2. The third-order valence-corrected chi connectivity index (χ3v) is 29.9. The second-order valence-electron chi connectivity index (χ2n) is 30.7. The van der Waals surface area contributed by atoms with Gasteiger partial charge in [-0.15, -0.1) is 0 Å². The summed E-state index contributed by atoms with van der Waals surface area (Å²) in [5, 5.41) is 13.1. The van der Waals surface area contributed by atoms with Crippen molar-refractivity contribution in [2.45, 2.75) is 260 Å². The first-order chi connectivity index (χ1) is 44.4. The van der Waals surface area contributed by atoms with Gasteiger partial charge in [-0.2, -0.15) is 0 Å². The standard InChI is InChI=1S/C54H80O6Si3.C27H34O5/c1-18-19-27-43-36-34-41(3)49(51(55)56-38-39-61(13,14)15)46(43)32-26-33-47-50(58-54(11,12)57-47)48(60-62(16,17)52(5,6)7)37-35-40(2)42(4)59-63(53(8,9)10,44-28-22-20-23-29-44)45-30-24-21-25-31-45;1-7-8-10-20-15-13-18(3)24-21(20)11-9-12-23-25(32-27(5,6)31-23)22(28)16-14-17(2)19(4)30-26(24)29/h20-26,28-32,34-37,40,42,47-48,50H,18,33,38-39H2,1-17H3;9,11,13-17,19,22-23,25,28H,7,12H2,1-6H3/b32-26+,37-35-;11-9+,16-14-/t40-,42+,47+,48?,50+;17-,19+,22?,23+,25-/m11/s1. The van der Waals surface area contributed by atoms with Gasteiger partial charge in [0.1, 0.15) is 24.4 Å². The van der Waals surface area contributed by atoms with Crippen molar-refractivity contribution in [3.05, 3.63) is 166 Å². The van der Waals surface area contributed by atoms with Gasteiger partial charge in [-0.05, 0) is 137 Å². The van der Waals surface area contributed by atoms with Crippen molar-refractivity contribution in [1.82, 2.24) is 0 Å². The van der Waals surface area contributed by atoms with Crippen LogP contribution in [0.15, 0.2) is 121 Å². The number of aryl methyl sites for hydroxylation is 2. The number of esters is 2. The van der Waals surface area contributed by atoms with E-state index in [4.69, 9.17) is 37.3 Å². The number of benzene rings is 4. The van der Waals surface area contributed by atoms with Crippen molar-refractivity contribution in [3.8, 4) is 23.7 Å². The van der Waals surface area contributed by atoms with Crippen molar-refractivity contribution in [3.63, 3.8) is 0 Å². The molecule has 3 aliphatic heterocycles. The Morgan fingerprint density at radius 3 is 1.89 bits per heavy atom. The van der Waals surface area contributed by atoms with Crippen molar-refractivity contribution in [2.24, 2.45) is 11.8 Å². The molecule has 0 amide bonds. The lowest BCUT2D eigenvalue weighted by atomic mass is 9.94. The molecule has 3 aliphatic rings. The molecule has 2 fully saturated rings. The first-order valence-electron chi connectivity index (χ1n) is 34.5. The van der Waals surface area contributed by atoms with Crippen molar-refractivity contribution < 1.29 is 52.0 Å². The van der Waals surface area contributed by atoms with E-state index in [0.29, 0.717) is 37.0 Å². The molecule has 10 atom stereocenters. The topological polar surface area (TPSA) is 128 Å². The molecule has 11 nitrogen and oxygen atoms in total. The van der Waals surface area contributed by atoms with Crippen LogP contribution in [-0.4, -0.2) is 109 Å². The fourth-order valence-electron chi connectivity index (χ4n) is 11.9. The second-order valence-corrected chi connectivity index (χ2v) is 45.3. The highest BCUT2D eigenvalue weighted by molar-refractivity contribution is 6.99. The minimum atomic E-state index is -2.78. The average molecular weight is 1350 g/mol. The van der Waals surface area contributed by atoms with Crippen LogP contribution in [0.25, 0.3) is 12.2 Å². The van der Waals surface area contributed by atoms with Gasteiger partial charge < -0.3 is 42.4 Å². The van der Waals surface area contributed by atoms with Gasteiger partial charge in [-0.1, -0.05) is 234 Å². The summed E-state index contributed by atoms with van der Waals surface area (Å²) in [6, 6.07) is 30.4. The minimum absolute atomic E-state index is 0.0318. The lowest BCUT2D eigenvalue weighted by molar-refractivity contribution is -0.152. The van der Waals surface area contributed by atoms with Crippen LogP contribution in [0.3, 0.4) is 0 Å². The van der Waals surface area contributed by atoms with Gasteiger partial charge in [0.05, 0.1) is 36.0 Å². The van der Waals surface area contributed by atoms with Gasteiger partial charge in [-0.25, -0.2) is 9.59 Å². The Bertz CT molecular complexity index is 3430. The summed E-state index contributed by atoms with van der Waals surface area (Å²) in [6.07, 6.45) is 15.4. The van der Waals surface area contributed by atoms with Crippen LogP contribution in [-0.2, 0) is 37.3 Å². The molecule has 3 heterocycles. The molecule has 0 radical (unpaired) electrons. The Hall–Kier alpha value is -5.73. The summed E-state index contributed by atoms with van der Waals surface area (Å²) in [5.41, 5.74) is 5.93. The van der Waals surface area contributed by atoms with Crippen LogP contribution in [0.4, 0.5) is 0 Å². The SMILES string of the molecule is CCC#Cc1ccc(C)c(C(=O)OCC[Si](C)(C)C)c1/C=C/C[C@@H]1OC(C)(C)O[C@@H]1C(/C=C\[C@@H](C)[C@H](C)O[Si](c1ccccc1)(c1ccccc1)C(C)(C)C)O[Si](C)(C)C(C)(C)C.CCC#Cc1ccc(C)c2c1/C=C/C[C@@H]1OC(C)(C)O[C@@H]1C(O)/C=C\[C@@H](C)[C@H](C)OC2=O. The van der Waals surface area contributed by atoms with Gasteiger partial charge in [0.15, 0.2) is 19.9 Å². The van der Waals surface area contributed by atoms with Gasteiger partial charge in [0.2, 0.25) is 0 Å². The van der Waals surface area contributed by atoms with E-state index in [0.717, 1.165) is 45.8 Å². The largest absolute Gasteiger partial charge is 0.462 e. The van der Waals surface area contributed by atoms with Crippen molar-refractivity contribution >= 4 is 59.2 Å². The minimum Gasteiger partial charge on any atom is -0.462 e. The monoisotopic (exact) mass is 1350 g/mol. The molecule has 4 aromatic carbocycles. The lowest BCUT2D eigenvalue weighted by Crippen LogP contribution is -2.67. The van der Waals surface area contributed by atoms with E-state index < -0.39 is 54.6 Å². The molecule has 2 saturated heterocycles. The number of rotatable bonds is 17. The number of fused-ring (bicyclic) bond motifs is 2. The lowest BCUT2D eigenvalue weighted by Gasteiger charge is -2.45. The maximum atomic E-state index is 13.7. The van der Waals surface area contributed by atoms with E-state index in [1.807, 2.05) is 118 Å². The van der Waals surface area contributed by atoms with E-state index in [2.05, 4.69) is 191 Å². The molecule has 0 saturated carbocycles. The van der Waals surface area contributed by atoms with E-state index in [1.54, 1.807) is 6.08 Å². The number of hydrogen-bond acceptors (Lipinski definition) is 11. The number of carbonyl (C=O) groups is 2. The molecule has 0 bridgehead atoms. The average Bonchev–Trinajstić information content (AvgIpc) is 1.53. The maximum absolute atomic E-state index is 13.7. The highest BCUT2D eigenvalue weighted by atomic mass is 28.4. The third-order valence-electron chi connectivity index (χ3n) is 18.6. The van der Waals surface area contributed by atoms with Gasteiger partial charge in [0, 0.05) is 55.2 Å². The van der Waals surface area contributed by atoms with Crippen LogP contribution in [0.1, 0.15) is 191 Å². The van der Waals surface area contributed by atoms with Crippen LogP contribution >= 0.6 is 0 Å². The van der Waals surface area contributed by atoms with Crippen molar-refractivity contribution in [1.29, 1.82) is 0 Å². The van der Waals surface area contributed by atoms with E-state index in [-0.39, 0.29) is 64.4 Å². The van der Waals surface area contributed by atoms with E-state index in [1.165, 1.54) is 10.4 Å². The number of ether oxygens (including phenoxy) is 6. The Morgan fingerprint density at radius 2 is 1.32 bits per heavy atom. The van der Waals surface area contributed by atoms with E-state index >= 15 is 0 Å². The Balaban J connectivity index is 0.000000372. The predicted molar refractivity (Wildman–Crippen MR) is 398 cm³/mol. The van der Waals surface area contributed by atoms with Gasteiger partial charge in [-0.3, -0.25) is 0 Å². The fraction of sp³-hybridized carbons (Fsp3) is 0.531. The molecule has 516 valence electrons. The smallest absolute Gasteiger partial charge is 0.339 e. The summed E-state index contributed by atoms with van der Waals surface area (Å²) >= 11 is 0. The molecule has 0 spiro atoms. The summed E-state index contributed by atoms with van der Waals surface area (Å²) in [5.74, 6) is 10.5. The number of carbonyl (C=O) groups excluding carboxylic acids is 2. The molecule has 14 heteroatoms. The molecule has 2 unspecified atom stereocenters. The van der Waals surface area contributed by atoms with Crippen LogP contribution in [0.5, 0.6) is 0 Å². The quantitative estimate of drug-likeness (QED) is 0.0470. The summed E-state index contributed by atoms with van der Waals surface area (Å²) in [4.78, 5) is 26.9. The first-order valence-corrected chi connectivity index (χ1v) is 43.1.